The van der Waals surface area contributed by atoms with Crippen molar-refractivity contribution in [2.24, 2.45) is 5.10 Å². The Labute approximate surface area is 95.5 Å². The minimum atomic E-state index is -0.663. The molecule has 8 heteroatoms. The lowest BCUT2D eigenvalue weighted by atomic mass is 10.2. The van der Waals surface area contributed by atoms with Crippen LogP contribution in [0.25, 0.3) is 0 Å². The first kappa shape index (κ1) is 11.0. The molecule has 0 saturated carbocycles. The molecule has 2 rings (SSSR count). The number of nitro benzene ring substituents is 2. The Morgan fingerprint density at radius 3 is 2.53 bits per heavy atom. The number of nitro groups is 2. The van der Waals surface area contributed by atoms with E-state index in [0.717, 1.165) is 6.07 Å². The van der Waals surface area contributed by atoms with Crippen molar-refractivity contribution >= 4 is 23.3 Å². The van der Waals surface area contributed by atoms with E-state index in [-0.39, 0.29) is 17.1 Å². The van der Waals surface area contributed by atoms with Gasteiger partial charge in [0.25, 0.3) is 5.69 Å². The van der Waals surface area contributed by atoms with Gasteiger partial charge in [0.1, 0.15) is 5.69 Å². The Morgan fingerprint density at radius 2 is 2.00 bits per heavy atom. The number of rotatable bonds is 3. The van der Waals surface area contributed by atoms with Gasteiger partial charge in [-0.1, -0.05) is 0 Å². The lowest BCUT2D eigenvalue weighted by Crippen LogP contribution is -2.13. The molecular formula is C9H8N4O4. The molecular weight excluding hydrogens is 228 g/mol. The fourth-order valence-corrected chi connectivity index (χ4v) is 1.57. The molecule has 0 saturated heterocycles. The molecule has 1 heterocycles. The number of hydrogen-bond donors (Lipinski definition) is 0. The number of non-ortho nitro benzene ring substituents is 1. The van der Waals surface area contributed by atoms with Gasteiger partial charge < -0.3 is 0 Å². The van der Waals surface area contributed by atoms with Crippen LogP contribution in [-0.2, 0) is 0 Å². The third-order valence-electron chi connectivity index (χ3n) is 2.34. The van der Waals surface area contributed by atoms with Crippen LogP contribution in [0.5, 0.6) is 0 Å². The predicted molar refractivity (Wildman–Crippen MR) is 60.2 cm³/mol. The Morgan fingerprint density at radius 1 is 1.24 bits per heavy atom. The molecule has 0 aliphatic carbocycles. The van der Waals surface area contributed by atoms with Crippen LogP contribution in [0.4, 0.5) is 17.1 Å². The maximum Gasteiger partial charge on any atom is 0.301 e. The minimum absolute atomic E-state index is 0.273. The fourth-order valence-electron chi connectivity index (χ4n) is 1.57. The van der Waals surface area contributed by atoms with Crippen molar-refractivity contribution in [1.82, 2.24) is 0 Å². The first-order valence-corrected chi connectivity index (χ1v) is 4.82. The Kier molecular flexibility index (Phi) is 2.69. The second-order valence-corrected chi connectivity index (χ2v) is 3.40. The van der Waals surface area contributed by atoms with Crippen LogP contribution < -0.4 is 5.01 Å². The van der Waals surface area contributed by atoms with Crippen molar-refractivity contribution < 1.29 is 9.85 Å². The average molecular weight is 236 g/mol. The van der Waals surface area contributed by atoms with E-state index < -0.39 is 9.85 Å². The summed E-state index contributed by atoms with van der Waals surface area (Å²) < 4.78 is 0. The van der Waals surface area contributed by atoms with E-state index in [2.05, 4.69) is 5.10 Å². The molecule has 0 bridgehead atoms. The topological polar surface area (TPSA) is 102 Å². The molecule has 1 aliphatic rings. The smallest absolute Gasteiger partial charge is 0.259 e. The van der Waals surface area contributed by atoms with Gasteiger partial charge >= 0.3 is 5.69 Å². The summed E-state index contributed by atoms with van der Waals surface area (Å²) in [5.74, 6) is 0. The van der Waals surface area contributed by atoms with E-state index in [1.165, 1.54) is 17.1 Å². The van der Waals surface area contributed by atoms with E-state index in [0.29, 0.717) is 13.0 Å². The Bertz CT molecular complexity index is 514. The van der Waals surface area contributed by atoms with Crippen LogP contribution in [0.1, 0.15) is 6.42 Å². The number of anilines is 1. The van der Waals surface area contributed by atoms with Gasteiger partial charge in [-0.25, -0.2) is 0 Å². The lowest BCUT2D eigenvalue weighted by molar-refractivity contribution is -0.393. The number of hydrazone groups is 1. The summed E-state index contributed by atoms with van der Waals surface area (Å²) in [5, 5.41) is 26.8. The van der Waals surface area contributed by atoms with Gasteiger partial charge in [0.15, 0.2) is 0 Å². The van der Waals surface area contributed by atoms with E-state index in [9.17, 15) is 20.2 Å². The second-order valence-electron chi connectivity index (χ2n) is 3.40. The maximum absolute atomic E-state index is 10.9. The third-order valence-corrected chi connectivity index (χ3v) is 2.34. The SMILES string of the molecule is O=[N+]([O-])c1ccc(N2CCC=N2)c([N+](=O)[O-])c1. The minimum Gasteiger partial charge on any atom is -0.259 e. The van der Waals surface area contributed by atoms with Gasteiger partial charge in [0.05, 0.1) is 15.9 Å². The highest BCUT2D eigenvalue weighted by Gasteiger charge is 2.24. The summed E-state index contributed by atoms with van der Waals surface area (Å²) in [6.07, 6.45) is 2.35. The lowest BCUT2D eigenvalue weighted by Gasteiger charge is -2.13. The molecule has 1 aromatic carbocycles. The van der Waals surface area contributed by atoms with Crippen molar-refractivity contribution in [2.75, 3.05) is 11.6 Å². The molecule has 88 valence electrons. The van der Waals surface area contributed by atoms with E-state index in [1.54, 1.807) is 6.21 Å². The average Bonchev–Trinajstić information content (AvgIpc) is 2.81. The molecule has 0 unspecified atom stereocenters. The number of nitrogens with zero attached hydrogens (tertiary/aromatic N) is 4. The zero-order valence-electron chi connectivity index (χ0n) is 8.65. The van der Waals surface area contributed by atoms with Crippen LogP contribution >= 0.6 is 0 Å². The first-order valence-electron chi connectivity index (χ1n) is 4.82. The highest BCUT2D eigenvalue weighted by molar-refractivity contribution is 5.71. The van der Waals surface area contributed by atoms with Crippen LogP contribution in [0.2, 0.25) is 0 Å². The van der Waals surface area contributed by atoms with Gasteiger partial charge in [-0.2, -0.15) is 5.10 Å². The maximum atomic E-state index is 10.9. The summed E-state index contributed by atoms with van der Waals surface area (Å²) in [6.45, 7) is 0.540. The highest BCUT2D eigenvalue weighted by atomic mass is 16.6. The fraction of sp³-hybridized carbons (Fsp3) is 0.222. The molecule has 8 nitrogen and oxygen atoms in total. The molecule has 0 atom stereocenters. The van der Waals surface area contributed by atoms with Gasteiger partial charge in [-0.3, -0.25) is 25.2 Å². The molecule has 1 aromatic rings. The zero-order chi connectivity index (χ0) is 12.4. The van der Waals surface area contributed by atoms with E-state index in [4.69, 9.17) is 0 Å². The van der Waals surface area contributed by atoms with Gasteiger partial charge in [0.2, 0.25) is 0 Å². The molecule has 0 fully saturated rings. The quantitative estimate of drug-likeness (QED) is 0.587. The highest BCUT2D eigenvalue weighted by Crippen LogP contribution is 2.32. The van der Waals surface area contributed by atoms with Gasteiger partial charge in [-0.15, -0.1) is 0 Å². The van der Waals surface area contributed by atoms with Crippen molar-refractivity contribution in [3.8, 4) is 0 Å². The normalized spacial score (nSPS) is 14.0. The molecule has 0 aromatic heterocycles. The van der Waals surface area contributed by atoms with Crippen LogP contribution in [0.3, 0.4) is 0 Å². The predicted octanol–water partition coefficient (Wildman–Crippen LogP) is 1.70. The van der Waals surface area contributed by atoms with Crippen molar-refractivity contribution in [3.63, 3.8) is 0 Å². The van der Waals surface area contributed by atoms with Gasteiger partial charge in [-0.05, 0) is 6.07 Å². The Hall–Kier alpha value is -2.51. The molecule has 17 heavy (non-hydrogen) atoms. The summed E-state index contributed by atoms with van der Waals surface area (Å²) in [5.41, 5.74) is -0.337. The molecule has 0 amide bonds. The number of hydrogen-bond acceptors (Lipinski definition) is 6. The summed E-state index contributed by atoms with van der Waals surface area (Å²) >= 11 is 0. The largest absolute Gasteiger partial charge is 0.301 e. The van der Waals surface area contributed by atoms with Crippen molar-refractivity contribution in [2.45, 2.75) is 6.42 Å². The standard InChI is InChI=1S/C9H8N4O4/c14-12(15)7-2-3-8(9(6-7)13(16)17)11-5-1-4-10-11/h2-4,6H,1,5H2. The van der Waals surface area contributed by atoms with Crippen LogP contribution in [0.15, 0.2) is 23.3 Å². The van der Waals surface area contributed by atoms with Crippen molar-refractivity contribution in [3.05, 3.63) is 38.4 Å². The molecule has 0 N–H and O–H groups in total. The summed E-state index contributed by atoms with van der Waals surface area (Å²) in [4.78, 5) is 20.1. The van der Waals surface area contributed by atoms with Crippen LogP contribution in [-0.4, -0.2) is 22.6 Å². The molecule has 1 aliphatic heterocycles. The molecule has 0 spiro atoms. The summed E-state index contributed by atoms with van der Waals surface area (Å²) in [6, 6.07) is 3.53. The first-order chi connectivity index (χ1) is 8.09. The van der Waals surface area contributed by atoms with E-state index in [1.807, 2.05) is 0 Å². The second kappa shape index (κ2) is 4.16. The number of benzene rings is 1. The Balaban J connectivity index is 2.48. The van der Waals surface area contributed by atoms with E-state index >= 15 is 0 Å². The van der Waals surface area contributed by atoms with Crippen molar-refractivity contribution in [1.29, 1.82) is 0 Å². The molecule has 0 radical (unpaired) electrons. The zero-order valence-corrected chi connectivity index (χ0v) is 8.65. The summed E-state index contributed by atoms with van der Waals surface area (Å²) in [7, 11) is 0. The van der Waals surface area contributed by atoms with Crippen LogP contribution in [0, 0.1) is 20.2 Å². The monoisotopic (exact) mass is 236 g/mol. The third kappa shape index (κ3) is 2.05. The van der Waals surface area contributed by atoms with Gasteiger partial charge in [0, 0.05) is 25.2 Å².